The molecule has 1 aromatic heterocycles. The summed E-state index contributed by atoms with van der Waals surface area (Å²) in [5.41, 5.74) is 2.58. The average Bonchev–Trinajstić information content (AvgIpc) is 2.87. The van der Waals surface area contributed by atoms with Gasteiger partial charge in [0.05, 0.1) is 19.8 Å². The molecule has 0 bridgehead atoms. The van der Waals surface area contributed by atoms with Crippen molar-refractivity contribution in [2.75, 3.05) is 26.4 Å². The molecule has 2 rings (SSSR count). The summed E-state index contributed by atoms with van der Waals surface area (Å²) >= 11 is 0. The predicted octanol–water partition coefficient (Wildman–Crippen LogP) is 2.40. The standard InChI is InChI=1S/C17H26N2O2/c1-14(2)12-18-13-15-4-3-5-17-16(15)6-7-19(17)8-10-21-11-9-20/h3-7,14,18,20H,8-13H2,1-2H3. The van der Waals surface area contributed by atoms with Gasteiger partial charge in [0.25, 0.3) is 0 Å². The second-order valence-corrected chi connectivity index (χ2v) is 5.72. The van der Waals surface area contributed by atoms with E-state index in [4.69, 9.17) is 9.84 Å². The Balaban J connectivity index is 2.02. The van der Waals surface area contributed by atoms with E-state index in [1.807, 2.05) is 0 Å². The van der Waals surface area contributed by atoms with E-state index in [1.54, 1.807) is 0 Å². The van der Waals surface area contributed by atoms with E-state index in [0.29, 0.717) is 19.1 Å². The topological polar surface area (TPSA) is 46.4 Å². The molecule has 0 fully saturated rings. The Morgan fingerprint density at radius 1 is 1.24 bits per heavy atom. The number of nitrogens with one attached hydrogen (secondary N) is 1. The number of hydrogen-bond donors (Lipinski definition) is 2. The number of nitrogens with zero attached hydrogens (tertiary/aromatic N) is 1. The lowest BCUT2D eigenvalue weighted by Crippen LogP contribution is -2.19. The molecule has 1 heterocycles. The Morgan fingerprint density at radius 2 is 2.10 bits per heavy atom. The molecule has 0 unspecified atom stereocenters. The minimum atomic E-state index is 0.0814. The third-order valence-corrected chi connectivity index (χ3v) is 3.48. The van der Waals surface area contributed by atoms with E-state index in [2.05, 4.69) is 54.2 Å². The highest BCUT2D eigenvalue weighted by Crippen LogP contribution is 2.20. The van der Waals surface area contributed by atoms with Crippen molar-refractivity contribution in [3.8, 4) is 0 Å². The molecule has 21 heavy (non-hydrogen) atoms. The second kappa shape index (κ2) is 8.17. The highest BCUT2D eigenvalue weighted by Gasteiger charge is 2.05. The van der Waals surface area contributed by atoms with E-state index in [-0.39, 0.29) is 6.61 Å². The minimum Gasteiger partial charge on any atom is -0.394 e. The smallest absolute Gasteiger partial charge is 0.0698 e. The zero-order chi connectivity index (χ0) is 15.1. The summed E-state index contributed by atoms with van der Waals surface area (Å²) < 4.78 is 7.55. The van der Waals surface area contributed by atoms with Gasteiger partial charge in [-0.25, -0.2) is 0 Å². The fraction of sp³-hybridized carbons (Fsp3) is 0.529. The number of benzene rings is 1. The van der Waals surface area contributed by atoms with Gasteiger partial charge in [0.1, 0.15) is 0 Å². The molecule has 0 radical (unpaired) electrons. The van der Waals surface area contributed by atoms with Crippen molar-refractivity contribution < 1.29 is 9.84 Å². The monoisotopic (exact) mass is 290 g/mol. The largest absolute Gasteiger partial charge is 0.394 e. The van der Waals surface area contributed by atoms with Crippen LogP contribution in [0.2, 0.25) is 0 Å². The van der Waals surface area contributed by atoms with Crippen LogP contribution in [0, 0.1) is 5.92 Å². The van der Waals surface area contributed by atoms with Gasteiger partial charge in [0, 0.05) is 30.2 Å². The van der Waals surface area contributed by atoms with Crippen molar-refractivity contribution in [3.63, 3.8) is 0 Å². The number of aromatic nitrogens is 1. The number of rotatable bonds is 9. The van der Waals surface area contributed by atoms with Crippen molar-refractivity contribution in [1.82, 2.24) is 9.88 Å². The number of hydrogen-bond acceptors (Lipinski definition) is 3. The molecular weight excluding hydrogens is 264 g/mol. The molecule has 0 spiro atoms. The minimum absolute atomic E-state index is 0.0814. The third kappa shape index (κ3) is 4.56. The molecule has 0 aliphatic carbocycles. The van der Waals surface area contributed by atoms with Crippen molar-refractivity contribution >= 4 is 10.9 Å². The lowest BCUT2D eigenvalue weighted by Gasteiger charge is -2.10. The third-order valence-electron chi connectivity index (χ3n) is 3.48. The van der Waals surface area contributed by atoms with E-state index < -0.39 is 0 Å². The van der Waals surface area contributed by atoms with Crippen LogP contribution >= 0.6 is 0 Å². The maximum absolute atomic E-state index is 8.71. The van der Waals surface area contributed by atoms with Crippen LogP contribution in [-0.2, 0) is 17.8 Å². The van der Waals surface area contributed by atoms with Crippen LogP contribution < -0.4 is 5.32 Å². The maximum Gasteiger partial charge on any atom is 0.0698 e. The van der Waals surface area contributed by atoms with E-state index in [0.717, 1.165) is 19.6 Å². The summed E-state index contributed by atoms with van der Waals surface area (Å²) in [5.74, 6) is 0.664. The summed E-state index contributed by atoms with van der Waals surface area (Å²) in [4.78, 5) is 0. The predicted molar refractivity (Wildman–Crippen MR) is 86.4 cm³/mol. The normalized spacial score (nSPS) is 11.6. The first kappa shape index (κ1) is 16.0. The highest BCUT2D eigenvalue weighted by molar-refractivity contribution is 5.83. The van der Waals surface area contributed by atoms with Gasteiger partial charge in [-0.3, -0.25) is 0 Å². The number of aliphatic hydroxyl groups excluding tert-OH is 1. The zero-order valence-electron chi connectivity index (χ0n) is 13.0. The van der Waals surface area contributed by atoms with E-state index in [9.17, 15) is 0 Å². The highest BCUT2D eigenvalue weighted by atomic mass is 16.5. The molecule has 0 aliphatic heterocycles. The molecule has 4 heteroatoms. The lowest BCUT2D eigenvalue weighted by atomic mass is 10.1. The van der Waals surface area contributed by atoms with Gasteiger partial charge in [0.2, 0.25) is 0 Å². The fourth-order valence-electron chi connectivity index (χ4n) is 2.46. The average molecular weight is 290 g/mol. The van der Waals surface area contributed by atoms with Gasteiger partial charge in [-0.05, 0) is 30.2 Å². The SMILES string of the molecule is CC(C)CNCc1cccc2c1ccn2CCOCCO. The molecular formula is C17H26N2O2. The summed E-state index contributed by atoms with van der Waals surface area (Å²) in [6.07, 6.45) is 2.11. The van der Waals surface area contributed by atoms with Crippen LogP contribution in [0.3, 0.4) is 0 Å². The molecule has 4 nitrogen and oxygen atoms in total. The molecule has 2 aromatic rings. The quantitative estimate of drug-likeness (QED) is 0.697. The van der Waals surface area contributed by atoms with Crippen LogP contribution in [0.5, 0.6) is 0 Å². The summed E-state index contributed by atoms with van der Waals surface area (Å²) in [6, 6.07) is 8.61. The van der Waals surface area contributed by atoms with Crippen LogP contribution in [0.25, 0.3) is 10.9 Å². The van der Waals surface area contributed by atoms with Gasteiger partial charge >= 0.3 is 0 Å². The maximum atomic E-state index is 8.71. The molecule has 116 valence electrons. The summed E-state index contributed by atoms with van der Waals surface area (Å²) in [7, 11) is 0. The molecule has 0 amide bonds. The molecule has 2 N–H and O–H groups in total. The van der Waals surface area contributed by atoms with Crippen molar-refractivity contribution in [2.45, 2.75) is 26.9 Å². The second-order valence-electron chi connectivity index (χ2n) is 5.72. The zero-order valence-corrected chi connectivity index (χ0v) is 13.0. The first-order valence-electron chi connectivity index (χ1n) is 7.68. The number of fused-ring (bicyclic) bond motifs is 1. The van der Waals surface area contributed by atoms with Crippen molar-refractivity contribution in [2.24, 2.45) is 5.92 Å². The molecule has 0 aliphatic rings. The van der Waals surface area contributed by atoms with E-state index in [1.165, 1.54) is 16.5 Å². The van der Waals surface area contributed by atoms with Crippen molar-refractivity contribution in [3.05, 3.63) is 36.0 Å². The molecule has 1 aromatic carbocycles. The Kier molecular flexibility index (Phi) is 6.23. The van der Waals surface area contributed by atoms with Crippen molar-refractivity contribution in [1.29, 1.82) is 0 Å². The molecule has 0 atom stereocenters. The Morgan fingerprint density at radius 3 is 2.86 bits per heavy atom. The van der Waals surface area contributed by atoms with Gasteiger partial charge in [-0.15, -0.1) is 0 Å². The van der Waals surface area contributed by atoms with Crippen LogP contribution in [-0.4, -0.2) is 36.0 Å². The fourth-order valence-corrected chi connectivity index (χ4v) is 2.46. The number of ether oxygens (including phenoxy) is 1. The summed E-state index contributed by atoms with van der Waals surface area (Å²) in [5, 5.41) is 13.5. The van der Waals surface area contributed by atoms with Gasteiger partial charge in [-0.2, -0.15) is 0 Å². The van der Waals surface area contributed by atoms with Gasteiger partial charge in [0.15, 0.2) is 0 Å². The van der Waals surface area contributed by atoms with E-state index >= 15 is 0 Å². The number of aliphatic hydroxyl groups is 1. The summed E-state index contributed by atoms with van der Waals surface area (Å²) in [6.45, 7) is 8.30. The van der Waals surface area contributed by atoms with Crippen LogP contribution in [0.4, 0.5) is 0 Å². The molecule has 0 saturated carbocycles. The first-order chi connectivity index (χ1) is 10.2. The van der Waals surface area contributed by atoms with Gasteiger partial charge < -0.3 is 19.7 Å². The molecule has 0 saturated heterocycles. The Labute approximate surface area is 126 Å². The lowest BCUT2D eigenvalue weighted by molar-refractivity contribution is 0.0875. The van der Waals surface area contributed by atoms with Crippen LogP contribution in [0.15, 0.2) is 30.5 Å². The Bertz CT molecular complexity index is 549. The first-order valence-corrected chi connectivity index (χ1v) is 7.68. The Hall–Kier alpha value is -1.36. The van der Waals surface area contributed by atoms with Gasteiger partial charge in [-0.1, -0.05) is 26.0 Å². The van der Waals surface area contributed by atoms with Crippen LogP contribution in [0.1, 0.15) is 19.4 Å².